The van der Waals surface area contributed by atoms with Gasteiger partial charge in [0.1, 0.15) is 4.92 Å². The van der Waals surface area contributed by atoms with Crippen molar-refractivity contribution in [1.82, 2.24) is 16.1 Å². The van der Waals surface area contributed by atoms with Gasteiger partial charge in [0.15, 0.2) is 23.9 Å². The Hall–Kier alpha value is -4.88. The third kappa shape index (κ3) is 5.93. The number of nitrogens with one attached hydrogen (secondary N) is 3. The largest absolute Gasteiger partial charge is 0.493 e. The fraction of sp³-hybridized carbons (Fsp3) is 0.238. The summed E-state index contributed by atoms with van der Waals surface area (Å²) in [5.41, 5.74) is 3.29. The molecule has 1 aliphatic heterocycles. The lowest BCUT2D eigenvalue weighted by molar-refractivity contribution is -0.402. The molecule has 3 amide bonds. The van der Waals surface area contributed by atoms with Gasteiger partial charge in [-0.2, -0.15) is 5.10 Å². The molecule has 0 saturated heterocycles. The van der Waals surface area contributed by atoms with Crippen molar-refractivity contribution in [2.24, 2.45) is 5.10 Å². The number of allylic oxidation sites excluding steroid dienone is 1. The van der Waals surface area contributed by atoms with Crippen LogP contribution in [-0.2, 0) is 14.3 Å². The van der Waals surface area contributed by atoms with Crippen LogP contribution in [0.25, 0.3) is 0 Å². The van der Waals surface area contributed by atoms with Gasteiger partial charge in [0.25, 0.3) is 5.91 Å². The van der Waals surface area contributed by atoms with E-state index in [0.29, 0.717) is 11.3 Å². The first-order valence-electron chi connectivity index (χ1n) is 9.97. The summed E-state index contributed by atoms with van der Waals surface area (Å²) in [6.07, 6.45) is 1.10. The molecule has 0 spiro atoms. The summed E-state index contributed by atoms with van der Waals surface area (Å²) in [6, 6.07) is 5.87. The number of hydrogen-bond donors (Lipinski definition) is 3. The maximum absolute atomic E-state index is 12.3. The Labute approximate surface area is 198 Å². The molecule has 3 N–H and O–H groups in total. The number of benzene rings is 1. The minimum absolute atomic E-state index is 0.0794. The van der Waals surface area contributed by atoms with Gasteiger partial charge in [-0.1, -0.05) is 6.07 Å². The van der Waals surface area contributed by atoms with E-state index in [4.69, 9.17) is 18.6 Å². The van der Waals surface area contributed by atoms with Crippen LogP contribution in [0.5, 0.6) is 11.5 Å². The second kappa shape index (κ2) is 10.8. The number of nitrogens with zero attached hydrogens (tertiary/aromatic N) is 2. The van der Waals surface area contributed by atoms with E-state index in [0.717, 1.165) is 12.3 Å². The number of furan rings is 1. The number of methoxy groups -OCH3 is 2. The smallest absolute Gasteiger partial charge is 0.433 e. The zero-order chi connectivity index (χ0) is 25.5. The quantitative estimate of drug-likeness (QED) is 0.204. The number of carbonyl (C=O) groups excluding carboxylic acids is 3. The van der Waals surface area contributed by atoms with E-state index < -0.39 is 41.4 Å². The summed E-state index contributed by atoms with van der Waals surface area (Å²) in [4.78, 5) is 46.1. The topological polar surface area (TPSA) is 184 Å². The lowest BCUT2D eigenvalue weighted by Crippen LogP contribution is -2.45. The van der Waals surface area contributed by atoms with Crippen LogP contribution in [0.3, 0.4) is 0 Å². The van der Waals surface area contributed by atoms with Gasteiger partial charge in [-0.25, -0.2) is 15.0 Å². The highest BCUT2D eigenvalue weighted by atomic mass is 16.6. The van der Waals surface area contributed by atoms with E-state index in [1.165, 1.54) is 26.4 Å². The normalized spacial score (nSPS) is 15.3. The zero-order valence-corrected chi connectivity index (χ0v) is 18.8. The van der Waals surface area contributed by atoms with Gasteiger partial charge in [-0.3, -0.25) is 14.9 Å². The average Bonchev–Trinajstić information content (AvgIpc) is 3.31. The third-order valence-corrected chi connectivity index (χ3v) is 4.73. The first-order valence-corrected chi connectivity index (χ1v) is 9.97. The molecule has 0 aliphatic carbocycles. The molecule has 2 aromatic rings. The van der Waals surface area contributed by atoms with Gasteiger partial charge in [-0.05, 0) is 30.7 Å². The molecule has 2 heterocycles. The zero-order valence-electron chi connectivity index (χ0n) is 18.8. The van der Waals surface area contributed by atoms with Crippen LogP contribution in [0.2, 0.25) is 0 Å². The van der Waals surface area contributed by atoms with Crippen LogP contribution in [0.1, 0.15) is 24.3 Å². The van der Waals surface area contributed by atoms with E-state index in [-0.39, 0.29) is 22.8 Å². The number of hydrazone groups is 1. The van der Waals surface area contributed by atoms with Gasteiger partial charge >= 0.3 is 17.9 Å². The van der Waals surface area contributed by atoms with Crippen LogP contribution in [0.4, 0.5) is 10.7 Å². The minimum atomic E-state index is -0.797. The lowest BCUT2D eigenvalue weighted by Gasteiger charge is -2.28. The maximum atomic E-state index is 12.3. The molecule has 1 aliphatic rings. The fourth-order valence-corrected chi connectivity index (χ4v) is 3.16. The number of ether oxygens (including phenoxy) is 3. The Bertz CT molecular complexity index is 1220. The molecule has 184 valence electrons. The second-order valence-electron chi connectivity index (χ2n) is 6.99. The summed E-state index contributed by atoms with van der Waals surface area (Å²) in [5, 5.41) is 19.4. The first-order chi connectivity index (χ1) is 16.7. The van der Waals surface area contributed by atoms with E-state index in [2.05, 4.69) is 21.2 Å². The highest BCUT2D eigenvalue weighted by molar-refractivity contribution is 5.95. The number of hydrogen-bond acceptors (Lipinski definition) is 10. The molecule has 0 radical (unpaired) electrons. The number of amides is 3. The third-order valence-electron chi connectivity index (χ3n) is 4.73. The van der Waals surface area contributed by atoms with E-state index in [1.807, 2.05) is 0 Å². The molecule has 14 nitrogen and oxygen atoms in total. The van der Waals surface area contributed by atoms with Gasteiger partial charge in [0.2, 0.25) is 0 Å². The van der Waals surface area contributed by atoms with Crippen molar-refractivity contribution in [1.29, 1.82) is 0 Å². The molecule has 1 aromatic heterocycles. The Morgan fingerprint density at radius 1 is 1.26 bits per heavy atom. The second-order valence-corrected chi connectivity index (χ2v) is 6.99. The summed E-state index contributed by atoms with van der Waals surface area (Å²) in [5.74, 6) is -1.14. The summed E-state index contributed by atoms with van der Waals surface area (Å²) in [7, 11) is 2.63. The van der Waals surface area contributed by atoms with Gasteiger partial charge in [-0.15, -0.1) is 0 Å². The highest BCUT2D eigenvalue weighted by Gasteiger charge is 2.32. The molecule has 0 unspecified atom stereocenters. The van der Waals surface area contributed by atoms with Gasteiger partial charge < -0.3 is 29.3 Å². The van der Waals surface area contributed by atoms with E-state index in [9.17, 15) is 24.5 Å². The minimum Gasteiger partial charge on any atom is -0.493 e. The predicted molar refractivity (Wildman–Crippen MR) is 119 cm³/mol. The van der Waals surface area contributed by atoms with Crippen molar-refractivity contribution in [2.75, 3.05) is 20.8 Å². The van der Waals surface area contributed by atoms with Crippen LogP contribution < -0.4 is 25.5 Å². The number of urea groups is 1. The van der Waals surface area contributed by atoms with Crippen molar-refractivity contribution < 1.29 is 37.9 Å². The molecule has 3 rings (SSSR count). The molecule has 1 aromatic carbocycles. The maximum Gasteiger partial charge on any atom is 0.433 e. The van der Waals surface area contributed by atoms with Crippen molar-refractivity contribution in [3.05, 3.63) is 63.0 Å². The Balaban J connectivity index is 1.67. The van der Waals surface area contributed by atoms with E-state index >= 15 is 0 Å². The highest BCUT2D eigenvalue weighted by Crippen LogP contribution is 2.34. The van der Waals surface area contributed by atoms with Crippen LogP contribution in [-0.4, -0.2) is 49.9 Å². The van der Waals surface area contributed by atoms with Crippen LogP contribution in [0, 0.1) is 10.1 Å². The molecule has 35 heavy (non-hydrogen) atoms. The van der Waals surface area contributed by atoms with Crippen molar-refractivity contribution >= 4 is 30.0 Å². The molecular weight excluding hydrogens is 466 g/mol. The number of carbonyl (C=O) groups is 3. The molecule has 14 heteroatoms. The number of esters is 1. The Morgan fingerprint density at radius 2 is 2.03 bits per heavy atom. The Kier molecular flexibility index (Phi) is 7.66. The molecule has 0 fully saturated rings. The fourth-order valence-electron chi connectivity index (χ4n) is 3.16. The van der Waals surface area contributed by atoms with Gasteiger partial charge in [0, 0.05) is 5.70 Å². The van der Waals surface area contributed by atoms with E-state index in [1.54, 1.807) is 19.1 Å². The van der Waals surface area contributed by atoms with Gasteiger partial charge in [0.05, 0.1) is 38.1 Å². The molecule has 0 saturated carbocycles. The van der Waals surface area contributed by atoms with Crippen LogP contribution in [0.15, 0.2) is 51.1 Å². The molecular formula is C21H21N5O9. The SMILES string of the molecule is COC(=O)C1=C(C)NC(=O)N[C@@H]1c1ccc(OCC(=O)N/N=C\c2ccc([N+](=O)[O-])o2)c(OC)c1. The molecule has 1 atom stereocenters. The number of nitro groups is 1. The Morgan fingerprint density at radius 3 is 2.69 bits per heavy atom. The standard InChI is InChI=1S/C21H21N5O9/c1-11-18(20(28)33-3)19(24-21(29)23-11)12-4-6-14(15(8-12)32-2)34-10-16(27)25-22-9-13-5-7-17(35-13)26(30)31/h4-9,19H,10H2,1-3H3,(H,25,27)(H2,23,24,29)/b22-9-/t19-/m1/s1. The number of rotatable bonds is 9. The van der Waals surface area contributed by atoms with Crippen LogP contribution >= 0.6 is 0 Å². The summed E-state index contributed by atoms with van der Waals surface area (Å²) >= 11 is 0. The average molecular weight is 487 g/mol. The molecule has 0 bridgehead atoms. The lowest BCUT2D eigenvalue weighted by atomic mass is 9.95. The predicted octanol–water partition coefficient (Wildman–Crippen LogP) is 1.53. The van der Waals surface area contributed by atoms with Crippen molar-refractivity contribution in [3.63, 3.8) is 0 Å². The van der Waals surface area contributed by atoms with Crippen molar-refractivity contribution in [2.45, 2.75) is 13.0 Å². The van der Waals surface area contributed by atoms with Crippen molar-refractivity contribution in [3.8, 4) is 11.5 Å². The summed E-state index contributed by atoms with van der Waals surface area (Å²) < 4.78 is 20.5. The summed E-state index contributed by atoms with van der Waals surface area (Å²) in [6.45, 7) is 1.16. The monoisotopic (exact) mass is 487 g/mol. The first kappa shape index (κ1) is 24.8.